The lowest BCUT2D eigenvalue weighted by atomic mass is 9.83. The Bertz CT molecular complexity index is 499. The van der Waals surface area contributed by atoms with Gasteiger partial charge in [0.1, 0.15) is 12.2 Å². The molecule has 3 fully saturated rings. The molecule has 0 aliphatic carbocycles. The molecule has 3 aliphatic rings. The van der Waals surface area contributed by atoms with Crippen LogP contribution in [0.3, 0.4) is 0 Å². The highest BCUT2D eigenvalue weighted by Gasteiger charge is 2.58. The van der Waals surface area contributed by atoms with E-state index in [-0.39, 0.29) is 29.5 Å². The molecule has 6 heteroatoms. The summed E-state index contributed by atoms with van der Waals surface area (Å²) in [6, 6.07) is 0. The molecule has 0 aromatic carbocycles. The molecule has 3 heterocycles. The van der Waals surface area contributed by atoms with Gasteiger partial charge >= 0.3 is 0 Å². The molecule has 0 aromatic heterocycles. The maximum Gasteiger partial charge on any atom is 0.188 e. The molecule has 0 bridgehead atoms. The van der Waals surface area contributed by atoms with Crippen LogP contribution in [-0.4, -0.2) is 54.0 Å². The lowest BCUT2D eigenvalue weighted by molar-refractivity contribution is -0.233. The van der Waals surface area contributed by atoms with Crippen molar-refractivity contribution in [1.82, 2.24) is 0 Å². The van der Waals surface area contributed by atoms with Gasteiger partial charge in [0.2, 0.25) is 0 Å². The first-order chi connectivity index (χ1) is 13.0. The summed E-state index contributed by atoms with van der Waals surface area (Å²) in [6.45, 7) is 16.6. The number of methoxy groups -OCH3 is 1. The van der Waals surface area contributed by atoms with Crippen molar-refractivity contribution in [3.05, 3.63) is 0 Å². The first-order valence-electron chi connectivity index (χ1n) is 11.0. The molecule has 3 saturated heterocycles. The fourth-order valence-electron chi connectivity index (χ4n) is 5.09. The molecule has 3 rings (SSSR count). The zero-order valence-corrected chi connectivity index (χ0v) is 19.3. The minimum atomic E-state index is -0.495. The molecular weight excluding hydrogens is 360 g/mol. The Morgan fingerprint density at radius 3 is 1.64 bits per heavy atom. The van der Waals surface area contributed by atoms with Gasteiger partial charge in [-0.1, -0.05) is 41.5 Å². The van der Waals surface area contributed by atoms with Gasteiger partial charge in [0.05, 0.1) is 11.2 Å². The lowest BCUT2D eigenvalue weighted by Gasteiger charge is -2.33. The van der Waals surface area contributed by atoms with Crippen molar-refractivity contribution in [3.63, 3.8) is 0 Å². The van der Waals surface area contributed by atoms with Crippen LogP contribution >= 0.6 is 0 Å². The normalized spacial score (nSPS) is 40.1. The van der Waals surface area contributed by atoms with E-state index in [4.69, 9.17) is 23.7 Å². The summed E-state index contributed by atoms with van der Waals surface area (Å²) in [5.41, 5.74) is -0.244. The summed E-state index contributed by atoms with van der Waals surface area (Å²) < 4.78 is 28.6. The summed E-state index contributed by atoms with van der Waals surface area (Å²) in [6.07, 6.45) is 2.85. The number of ether oxygens (including phenoxy) is 5. The number of aliphatic hydroxyl groups is 1. The van der Waals surface area contributed by atoms with Gasteiger partial charge in [0.15, 0.2) is 18.4 Å². The highest BCUT2D eigenvalue weighted by molar-refractivity contribution is 4.99. The molecule has 1 unspecified atom stereocenters. The van der Waals surface area contributed by atoms with E-state index < -0.39 is 18.2 Å². The molecule has 6 atom stereocenters. The van der Waals surface area contributed by atoms with Crippen molar-refractivity contribution >= 4 is 0 Å². The molecule has 0 radical (unpaired) electrons. The summed E-state index contributed by atoms with van der Waals surface area (Å²) in [4.78, 5) is 0. The van der Waals surface area contributed by atoms with E-state index in [9.17, 15) is 5.11 Å². The topological polar surface area (TPSA) is 66.4 Å². The third-order valence-electron chi connectivity index (χ3n) is 7.36. The Labute approximate surface area is 171 Å². The molecule has 1 N–H and O–H groups in total. The van der Waals surface area contributed by atoms with Crippen molar-refractivity contribution in [3.8, 4) is 0 Å². The second-order valence-electron chi connectivity index (χ2n) is 8.92. The maximum atomic E-state index is 9.81. The van der Waals surface area contributed by atoms with Crippen LogP contribution in [0.5, 0.6) is 0 Å². The molecule has 0 aromatic rings. The van der Waals surface area contributed by atoms with Crippen LogP contribution in [0.15, 0.2) is 0 Å². The molecule has 6 nitrogen and oxygen atoms in total. The molecule has 28 heavy (non-hydrogen) atoms. The van der Waals surface area contributed by atoms with Crippen molar-refractivity contribution < 1.29 is 28.8 Å². The highest BCUT2D eigenvalue weighted by Crippen LogP contribution is 2.48. The maximum absolute atomic E-state index is 9.81. The molecular formula is C22H42O6. The predicted octanol–water partition coefficient (Wildman–Crippen LogP) is 4.23. The van der Waals surface area contributed by atoms with Crippen LogP contribution in [-0.2, 0) is 23.7 Å². The number of hydrogen-bond acceptors (Lipinski definition) is 6. The highest BCUT2D eigenvalue weighted by atomic mass is 16.8. The standard InChI is InChI=1S/C12H22O3.C10H20O3/c1-6-12(7-2)8(3)9-10(15-12)14-11(4,5)13-9;1-5-10(6-2)7(3)8(11)9(12-4)13-10/h8-10H,6-7H2,1-5H3;7-9,11H,5-6H2,1-4H3/t8-,9+,10-;7-,8+,9?/m00/s1. The second kappa shape index (κ2) is 8.86. The van der Waals surface area contributed by atoms with E-state index in [0.717, 1.165) is 25.7 Å². The third-order valence-corrected chi connectivity index (χ3v) is 7.36. The van der Waals surface area contributed by atoms with E-state index in [0.29, 0.717) is 5.92 Å². The molecule has 0 amide bonds. The van der Waals surface area contributed by atoms with Gasteiger partial charge in [-0.25, -0.2) is 0 Å². The van der Waals surface area contributed by atoms with Crippen LogP contribution < -0.4 is 0 Å². The van der Waals surface area contributed by atoms with Gasteiger partial charge in [-0.2, -0.15) is 0 Å². The summed E-state index contributed by atoms with van der Waals surface area (Å²) in [5, 5.41) is 9.81. The fourth-order valence-corrected chi connectivity index (χ4v) is 5.09. The SMILES string of the molecule is CCC1(CC)OC(OC)[C@H](O)[C@@H]1C.CCC1(CC)O[C@@H]2OC(C)(C)O[C@@H]2[C@@H]1C. The van der Waals surface area contributed by atoms with Crippen LogP contribution in [0.4, 0.5) is 0 Å². The Kier molecular flexibility index (Phi) is 7.61. The first-order valence-corrected chi connectivity index (χ1v) is 11.0. The molecule has 0 saturated carbocycles. The van der Waals surface area contributed by atoms with E-state index in [1.54, 1.807) is 7.11 Å². The largest absolute Gasteiger partial charge is 0.387 e. The van der Waals surface area contributed by atoms with E-state index in [1.807, 2.05) is 20.8 Å². The van der Waals surface area contributed by atoms with E-state index in [1.165, 1.54) is 0 Å². The fraction of sp³-hybridized carbons (Fsp3) is 1.00. The van der Waals surface area contributed by atoms with Crippen molar-refractivity contribution in [1.29, 1.82) is 0 Å². The average molecular weight is 403 g/mol. The van der Waals surface area contributed by atoms with Gasteiger partial charge in [0.25, 0.3) is 0 Å². The Morgan fingerprint density at radius 1 is 0.786 bits per heavy atom. The van der Waals surface area contributed by atoms with Crippen LogP contribution in [0.1, 0.15) is 81.1 Å². The molecule has 166 valence electrons. The third kappa shape index (κ3) is 4.14. The van der Waals surface area contributed by atoms with Gasteiger partial charge < -0.3 is 28.8 Å². The quantitative estimate of drug-likeness (QED) is 0.742. The monoisotopic (exact) mass is 402 g/mol. The van der Waals surface area contributed by atoms with Crippen molar-refractivity contribution in [2.75, 3.05) is 7.11 Å². The van der Waals surface area contributed by atoms with Crippen LogP contribution in [0.2, 0.25) is 0 Å². The number of aliphatic hydroxyl groups excluding tert-OH is 1. The van der Waals surface area contributed by atoms with Gasteiger partial charge in [0, 0.05) is 18.9 Å². The minimum Gasteiger partial charge on any atom is -0.387 e. The minimum absolute atomic E-state index is 0.0498. The summed E-state index contributed by atoms with van der Waals surface area (Å²) in [7, 11) is 1.57. The first kappa shape index (κ1) is 24.0. The summed E-state index contributed by atoms with van der Waals surface area (Å²) >= 11 is 0. The Balaban J connectivity index is 0.000000203. The van der Waals surface area contributed by atoms with E-state index >= 15 is 0 Å². The van der Waals surface area contributed by atoms with Crippen LogP contribution in [0, 0.1) is 11.8 Å². The summed E-state index contributed by atoms with van der Waals surface area (Å²) in [5.74, 6) is 0.0590. The smallest absolute Gasteiger partial charge is 0.188 e. The van der Waals surface area contributed by atoms with E-state index in [2.05, 4.69) is 34.6 Å². The van der Waals surface area contributed by atoms with Crippen molar-refractivity contribution in [2.24, 2.45) is 11.8 Å². The van der Waals surface area contributed by atoms with Gasteiger partial charge in [-0.05, 0) is 39.5 Å². The second-order valence-corrected chi connectivity index (χ2v) is 8.92. The molecule has 3 aliphatic heterocycles. The average Bonchev–Trinajstić information content (AvgIpc) is 3.22. The zero-order chi connectivity index (χ0) is 21.3. The number of fused-ring (bicyclic) bond motifs is 1. The van der Waals surface area contributed by atoms with Gasteiger partial charge in [-0.3, -0.25) is 0 Å². The number of hydrogen-bond donors (Lipinski definition) is 1. The predicted molar refractivity (Wildman–Crippen MR) is 108 cm³/mol. The zero-order valence-electron chi connectivity index (χ0n) is 19.3. The van der Waals surface area contributed by atoms with Crippen molar-refractivity contribution in [2.45, 2.75) is 123 Å². The Morgan fingerprint density at radius 2 is 1.29 bits per heavy atom. The number of rotatable bonds is 5. The Hall–Kier alpha value is -0.240. The van der Waals surface area contributed by atoms with Crippen LogP contribution in [0.25, 0.3) is 0 Å². The lowest BCUT2D eigenvalue weighted by Crippen LogP contribution is -2.38. The van der Waals surface area contributed by atoms with Gasteiger partial charge in [-0.15, -0.1) is 0 Å². The molecule has 0 spiro atoms.